The number of esters is 1. The van der Waals surface area contributed by atoms with Crippen LogP contribution in [0.5, 0.6) is 0 Å². The molecule has 0 N–H and O–H groups in total. The van der Waals surface area contributed by atoms with Crippen molar-refractivity contribution in [2.75, 3.05) is 13.2 Å². The van der Waals surface area contributed by atoms with Crippen LogP contribution in [0, 0.1) is 0 Å². The minimum Gasteiger partial charge on any atom is -0.466 e. The predicted octanol–water partition coefficient (Wildman–Crippen LogP) is 6.11. The molecule has 1 atom stereocenters. The largest absolute Gasteiger partial charge is 0.466 e. The van der Waals surface area contributed by atoms with Crippen LogP contribution in [0.2, 0.25) is 16.6 Å². The van der Waals surface area contributed by atoms with E-state index in [1.54, 1.807) is 0 Å². The summed E-state index contributed by atoms with van der Waals surface area (Å²) in [7, 11) is -2.07. The summed E-state index contributed by atoms with van der Waals surface area (Å²) in [6.45, 7) is 17.0. The van der Waals surface area contributed by atoms with Gasteiger partial charge in [-0.15, -0.1) is 0 Å². The van der Waals surface area contributed by atoms with Crippen molar-refractivity contribution in [2.45, 2.75) is 90.6 Å². The van der Waals surface area contributed by atoms with Gasteiger partial charge in [0.25, 0.3) is 0 Å². The average Bonchev–Trinajstić information content (AvgIpc) is 2.63. The van der Waals surface area contributed by atoms with Crippen molar-refractivity contribution in [2.24, 2.45) is 0 Å². The fourth-order valence-corrected chi connectivity index (χ4v) is 9.88. The number of hydrogen-bond acceptors (Lipinski definition) is 4. The Kier molecular flexibility index (Phi) is 11.0. The maximum absolute atomic E-state index is 12.2. The lowest BCUT2D eigenvalue weighted by Gasteiger charge is -2.44. The van der Waals surface area contributed by atoms with E-state index in [4.69, 9.17) is 13.9 Å². The summed E-state index contributed by atoms with van der Waals surface area (Å²) < 4.78 is 17.9. The molecular weight excluding hydrogens is 368 g/mol. The zero-order valence-corrected chi connectivity index (χ0v) is 19.9. The van der Waals surface area contributed by atoms with Crippen molar-refractivity contribution < 1.29 is 18.7 Å². The molecular formula is C23H40O4Si. The van der Waals surface area contributed by atoms with Crippen LogP contribution in [0.15, 0.2) is 30.3 Å². The molecule has 0 bridgehead atoms. The average molecular weight is 409 g/mol. The van der Waals surface area contributed by atoms with Crippen molar-refractivity contribution in [1.82, 2.24) is 0 Å². The lowest BCUT2D eigenvalue weighted by molar-refractivity contribution is -0.145. The molecule has 160 valence electrons. The highest BCUT2D eigenvalue weighted by Gasteiger charge is 2.46. The molecule has 0 saturated carbocycles. The Bertz CT molecular complexity index is 535. The van der Waals surface area contributed by atoms with E-state index in [0.717, 1.165) is 5.56 Å². The normalized spacial score (nSPS) is 13.4. The van der Waals surface area contributed by atoms with Crippen molar-refractivity contribution in [3.8, 4) is 0 Å². The first-order valence-corrected chi connectivity index (χ1v) is 12.8. The molecule has 0 aliphatic carbocycles. The van der Waals surface area contributed by atoms with Gasteiger partial charge < -0.3 is 13.9 Å². The second-order valence-electron chi connectivity index (χ2n) is 8.39. The van der Waals surface area contributed by atoms with Gasteiger partial charge in [0.15, 0.2) is 0 Å². The molecule has 1 aromatic carbocycles. The van der Waals surface area contributed by atoms with Crippen LogP contribution >= 0.6 is 0 Å². The molecule has 1 aromatic rings. The third kappa shape index (κ3) is 7.34. The van der Waals surface area contributed by atoms with E-state index in [-0.39, 0.29) is 12.1 Å². The number of ether oxygens (including phenoxy) is 2. The van der Waals surface area contributed by atoms with Gasteiger partial charge in [-0.25, -0.2) is 0 Å². The predicted molar refractivity (Wildman–Crippen MR) is 118 cm³/mol. The summed E-state index contributed by atoms with van der Waals surface area (Å²) in [5, 5.41) is 0. The summed E-state index contributed by atoms with van der Waals surface area (Å²) in [5.41, 5.74) is 2.58. The van der Waals surface area contributed by atoms with Crippen LogP contribution in [0.3, 0.4) is 0 Å². The Hall–Kier alpha value is -1.17. The molecule has 0 fully saturated rings. The van der Waals surface area contributed by atoms with Crippen LogP contribution in [-0.4, -0.2) is 33.6 Å². The van der Waals surface area contributed by atoms with Crippen molar-refractivity contribution >= 4 is 14.3 Å². The Balaban J connectivity index is 2.80. The SMILES string of the molecule is CCOC(=O)CC(CCOCc1ccccc1)O[Si](C(C)C)(C(C)C)C(C)C. The van der Waals surface area contributed by atoms with Gasteiger partial charge in [0.2, 0.25) is 8.32 Å². The first-order chi connectivity index (χ1) is 13.2. The van der Waals surface area contributed by atoms with Crippen molar-refractivity contribution in [1.29, 1.82) is 0 Å². The number of carbonyl (C=O) groups is 1. The van der Waals surface area contributed by atoms with Gasteiger partial charge in [0.05, 0.1) is 25.7 Å². The lowest BCUT2D eigenvalue weighted by Crippen LogP contribution is -2.50. The summed E-state index contributed by atoms with van der Waals surface area (Å²) in [4.78, 5) is 12.2. The van der Waals surface area contributed by atoms with Crippen LogP contribution in [-0.2, 0) is 25.3 Å². The molecule has 0 aliphatic heterocycles. The van der Waals surface area contributed by atoms with Gasteiger partial charge in [0.1, 0.15) is 0 Å². The van der Waals surface area contributed by atoms with Gasteiger partial charge >= 0.3 is 5.97 Å². The third-order valence-corrected chi connectivity index (χ3v) is 11.6. The summed E-state index contributed by atoms with van der Waals surface area (Å²) in [5.74, 6) is -0.185. The first-order valence-electron chi connectivity index (χ1n) is 10.7. The molecule has 0 saturated heterocycles. The van der Waals surface area contributed by atoms with E-state index in [1.807, 2.05) is 25.1 Å². The molecule has 4 nitrogen and oxygen atoms in total. The molecule has 0 radical (unpaired) electrons. The minimum atomic E-state index is -2.07. The van der Waals surface area contributed by atoms with Crippen LogP contribution in [0.4, 0.5) is 0 Å². The zero-order valence-electron chi connectivity index (χ0n) is 18.9. The first kappa shape index (κ1) is 24.9. The van der Waals surface area contributed by atoms with E-state index in [1.165, 1.54) is 0 Å². The molecule has 0 spiro atoms. The Morgan fingerprint density at radius 2 is 1.54 bits per heavy atom. The van der Waals surface area contributed by atoms with Crippen molar-refractivity contribution in [3.05, 3.63) is 35.9 Å². The second-order valence-corrected chi connectivity index (χ2v) is 13.8. The Labute approximate surface area is 173 Å². The molecule has 0 heterocycles. The molecule has 0 aliphatic rings. The number of hydrogen-bond donors (Lipinski definition) is 0. The standard InChI is InChI=1S/C23H40O4Si/c1-8-26-23(24)16-22(14-15-25-17-21-12-10-9-11-13-21)27-28(18(2)3,19(4)5)20(6)7/h9-13,18-20,22H,8,14-17H2,1-7H3. The topological polar surface area (TPSA) is 44.8 Å². The molecule has 1 unspecified atom stereocenters. The smallest absolute Gasteiger partial charge is 0.308 e. The number of carbonyl (C=O) groups excluding carboxylic acids is 1. The highest BCUT2D eigenvalue weighted by atomic mass is 28.4. The maximum Gasteiger partial charge on any atom is 0.308 e. The summed E-state index contributed by atoms with van der Waals surface area (Å²) in [6, 6.07) is 10.1. The van der Waals surface area contributed by atoms with Gasteiger partial charge in [-0.1, -0.05) is 71.9 Å². The maximum atomic E-state index is 12.2. The number of rotatable bonds is 13. The summed E-state index contributed by atoms with van der Waals surface area (Å²) >= 11 is 0. The van der Waals surface area contributed by atoms with Crippen LogP contribution in [0.25, 0.3) is 0 Å². The highest BCUT2D eigenvalue weighted by Crippen LogP contribution is 2.43. The minimum absolute atomic E-state index is 0.159. The van der Waals surface area contributed by atoms with E-state index in [2.05, 4.69) is 53.7 Å². The van der Waals surface area contributed by atoms with Gasteiger partial charge in [0, 0.05) is 6.61 Å². The summed E-state index contributed by atoms with van der Waals surface area (Å²) in [6.07, 6.45) is 0.837. The fraction of sp³-hybridized carbons (Fsp3) is 0.696. The van der Waals surface area contributed by atoms with Crippen molar-refractivity contribution in [3.63, 3.8) is 0 Å². The van der Waals surface area contributed by atoms with E-state index in [0.29, 0.717) is 49.3 Å². The van der Waals surface area contributed by atoms with Gasteiger partial charge in [-0.2, -0.15) is 0 Å². The third-order valence-electron chi connectivity index (χ3n) is 5.47. The van der Waals surface area contributed by atoms with Gasteiger partial charge in [-0.3, -0.25) is 4.79 Å². The zero-order chi connectivity index (χ0) is 21.2. The van der Waals surface area contributed by atoms with Gasteiger partial charge in [-0.05, 0) is 35.5 Å². The molecule has 0 aromatic heterocycles. The van der Waals surface area contributed by atoms with E-state index in [9.17, 15) is 4.79 Å². The molecule has 1 rings (SSSR count). The van der Waals surface area contributed by atoms with E-state index < -0.39 is 8.32 Å². The molecule has 0 amide bonds. The van der Waals surface area contributed by atoms with Crippen LogP contribution in [0.1, 0.15) is 66.9 Å². The Morgan fingerprint density at radius 1 is 0.964 bits per heavy atom. The Morgan fingerprint density at radius 3 is 2.04 bits per heavy atom. The molecule has 5 heteroatoms. The number of benzene rings is 1. The second kappa shape index (κ2) is 12.4. The quantitative estimate of drug-likeness (QED) is 0.224. The highest BCUT2D eigenvalue weighted by molar-refractivity contribution is 6.77. The van der Waals surface area contributed by atoms with E-state index >= 15 is 0 Å². The lowest BCUT2D eigenvalue weighted by atomic mass is 10.2. The van der Waals surface area contributed by atoms with Crippen LogP contribution < -0.4 is 0 Å². The molecule has 28 heavy (non-hydrogen) atoms. The monoisotopic (exact) mass is 408 g/mol. The fourth-order valence-electron chi connectivity index (χ4n) is 4.28.